The second-order valence-corrected chi connectivity index (χ2v) is 2.33. The van der Waals surface area contributed by atoms with Crippen LogP contribution >= 0.6 is 0 Å². The van der Waals surface area contributed by atoms with Gasteiger partial charge in [0.25, 0.3) is 5.69 Å². The third kappa shape index (κ3) is 1.76. The highest BCUT2D eigenvalue weighted by molar-refractivity contribution is 7.65. The summed E-state index contributed by atoms with van der Waals surface area (Å²) in [5.74, 6) is 0. The van der Waals surface area contributed by atoms with E-state index >= 15 is 0 Å². The Labute approximate surface area is 72.1 Å². The van der Waals surface area contributed by atoms with Crippen LogP contribution in [0.25, 0.3) is 0 Å². The van der Waals surface area contributed by atoms with E-state index in [9.17, 15) is 14.3 Å². The Kier molecular flexibility index (Phi) is 2.71. The molecule has 0 unspecified atom stereocenters. The normalized spacial score (nSPS) is 9.00. The van der Waals surface area contributed by atoms with Gasteiger partial charge in [-0.3, -0.25) is 10.1 Å². The van der Waals surface area contributed by atoms with Crippen molar-refractivity contribution in [3.05, 3.63) is 39.9 Å². The monoisotopic (exact) mass is 182 g/mol. The topological polar surface area (TPSA) is 60.2 Å². The predicted octanol–water partition coefficient (Wildman–Crippen LogP) is 0.835. The van der Waals surface area contributed by atoms with Gasteiger partial charge in [-0.25, -0.2) is 4.21 Å². The predicted molar refractivity (Wildman–Crippen MR) is 45.3 cm³/mol. The Morgan fingerprint density at radius 2 is 2.08 bits per heavy atom. The second-order valence-electron chi connectivity index (χ2n) is 1.96. The minimum absolute atomic E-state index is 0.0819. The van der Waals surface area contributed by atoms with Gasteiger partial charge in [0, 0.05) is 6.07 Å². The molecule has 1 aromatic rings. The lowest BCUT2D eigenvalue weighted by Crippen LogP contribution is -1.93. The van der Waals surface area contributed by atoms with Gasteiger partial charge in [-0.15, -0.1) is 0 Å². The molecule has 5 heteroatoms. The average molecular weight is 182 g/mol. The molecule has 1 aromatic carbocycles. The van der Waals surface area contributed by atoms with Crippen molar-refractivity contribution in [3.63, 3.8) is 0 Å². The van der Waals surface area contributed by atoms with E-state index in [1.165, 1.54) is 12.1 Å². The minimum atomic E-state index is -0.543. The number of benzene rings is 1. The van der Waals surface area contributed by atoms with E-state index in [4.69, 9.17) is 0 Å². The third-order valence-corrected chi connectivity index (χ3v) is 1.56. The van der Waals surface area contributed by atoms with Crippen LogP contribution in [0.2, 0.25) is 0 Å². The number of hydrogen-bond donors (Lipinski definition) is 0. The molecule has 0 bridgehead atoms. The fourth-order valence-corrected chi connectivity index (χ4v) is 1.03. The van der Waals surface area contributed by atoms with Crippen LogP contribution in [-0.4, -0.2) is 14.5 Å². The molecular formula is C7H4NO3S. The van der Waals surface area contributed by atoms with Crippen LogP contribution in [-0.2, 0) is 11.3 Å². The van der Waals surface area contributed by atoms with Crippen LogP contribution < -0.4 is 0 Å². The third-order valence-electron chi connectivity index (χ3n) is 1.25. The molecule has 1 radical (unpaired) electrons. The molecule has 0 spiro atoms. The quantitative estimate of drug-likeness (QED) is 0.386. The van der Waals surface area contributed by atoms with Gasteiger partial charge in [-0.05, 0) is 6.07 Å². The molecule has 1 rings (SSSR count). The van der Waals surface area contributed by atoms with Gasteiger partial charge in [-0.1, -0.05) is 12.1 Å². The first-order valence-electron chi connectivity index (χ1n) is 3.04. The largest absolute Gasteiger partial charge is 0.278 e. The summed E-state index contributed by atoms with van der Waals surface area (Å²) in [5.41, 5.74) is 0.128. The van der Waals surface area contributed by atoms with Crippen molar-refractivity contribution >= 4 is 22.3 Å². The summed E-state index contributed by atoms with van der Waals surface area (Å²) >= 11 is 0.0819. The Hall–Kier alpha value is -1.49. The second kappa shape index (κ2) is 3.77. The van der Waals surface area contributed by atoms with Crippen molar-refractivity contribution in [2.75, 3.05) is 0 Å². The Bertz CT molecular complexity index is 336. The Morgan fingerprint density at radius 3 is 2.67 bits per heavy atom. The SMILES string of the molecule is O=S=[C]c1ccccc1[N+](=O)[O-]. The van der Waals surface area contributed by atoms with Gasteiger partial charge in [0.15, 0.2) is 0 Å². The van der Waals surface area contributed by atoms with Gasteiger partial charge < -0.3 is 0 Å². The summed E-state index contributed by atoms with van der Waals surface area (Å²) in [5, 5.41) is 12.6. The lowest BCUT2D eigenvalue weighted by molar-refractivity contribution is -0.385. The zero-order valence-electron chi connectivity index (χ0n) is 5.89. The summed E-state index contributed by atoms with van der Waals surface area (Å²) in [6, 6.07) is 5.96. The van der Waals surface area contributed by atoms with E-state index in [0.717, 1.165) is 0 Å². The zero-order valence-corrected chi connectivity index (χ0v) is 6.71. The molecule has 4 nitrogen and oxygen atoms in total. The van der Waals surface area contributed by atoms with E-state index in [2.05, 4.69) is 5.37 Å². The van der Waals surface area contributed by atoms with Gasteiger partial charge in [0.1, 0.15) is 5.37 Å². The molecule has 61 valence electrons. The van der Waals surface area contributed by atoms with E-state index < -0.39 is 4.92 Å². The zero-order chi connectivity index (χ0) is 8.97. The number of nitro benzene ring substituents is 1. The maximum atomic E-state index is 10.4. The summed E-state index contributed by atoms with van der Waals surface area (Å²) < 4.78 is 10.1. The molecule has 0 saturated heterocycles. The molecule has 12 heavy (non-hydrogen) atoms. The lowest BCUT2D eigenvalue weighted by Gasteiger charge is -1.92. The van der Waals surface area contributed by atoms with Crippen LogP contribution in [0.15, 0.2) is 24.3 Å². The Morgan fingerprint density at radius 1 is 1.42 bits per heavy atom. The summed E-state index contributed by atoms with van der Waals surface area (Å²) in [7, 11) is 0. The highest BCUT2D eigenvalue weighted by atomic mass is 32.1. The van der Waals surface area contributed by atoms with Gasteiger partial charge >= 0.3 is 0 Å². The van der Waals surface area contributed by atoms with Crippen molar-refractivity contribution in [2.24, 2.45) is 0 Å². The lowest BCUT2D eigenvalue weighted by atomic mass is 10.2. The standard InChI is InChI=1S/C7H4NO3S/c9-8(10)7-4-2-1-3-6(7)5-12-11/h1-4H. The molecule has 0 fully saturated rings. The van der Waals surface area contributed by atoms with E-state index in [0.29, 0.717) is 0 Å². The number of hydrogen-bond acceptors (Lipinski definition) is 3. The van der Waals surface area contributed by atoms with Crippen molar-refractivity contribution in [1.82, 2.24) is 0 Å². The maximum absolute atomic E-state index is 10.4. The fourth-order valence-electron chi connectivity index (χ4n) is 0.764. The Balaban J connectivity index is 3.26. The number of para-hydroxylation sites is 1. The highest BCUT2D eigenvalue weighted by Crippen LogP contribution is 2.14. The van der Waals surface area contributed by atoms with E-state index in [1.54, 1.807) is 12.1 Å². The molecule has 0 saturated carbocycles. The molecule has 0 heterocycles. The van der Waals surface area contributed by atoms with Crippen molar-refractivity contribution < 1.29 is 9.13 Å². The van der Waals surface area contributed by atoms with E-state index in [1.807, 2.05) is 0 Å². The number of rotatable bonds is 2. The first kappa shape index (κ1) is 8.61. The van der Waals surface area contributed by atoms with Crippen molar-refractivity contribution in [2.45, 2.75) is 0 Å². The molecule has 0 aromatic heterocycles. The van der Waals surface area contributed by atoms with E-state index in [-0.39, 0.29) is 22.5 Å². The average Bonchev–Trinajstić information content (AvgIpc) is 2.05. The first-order chi connectivity index (χ1) is 5.75. The van der Waals surface area contributed by atoms with Crippen molar-refractivity contribution in [3.8, 4) is 0 Å². The summed E-state index contributed by atoms with van der Waals surface area (Å²) in [4.78, 5) is 9.81. The number of nitrogens with zero attached hydrogens (tertiary/aromatic N) is 1. The summed E-state index contributed by atoms with van der Waals surface area (Å²) in [6.45, 7) is 0. The van der Waals surface area contributed by atoms with Gasteiger partial charge in [0.05, 0.1) is 21.7 Å². The van der Waals surface area contributed by atoms with Crippen LogP contribution in [0.1, 0.15) is 5.56 Å². The first-order valence-corrected chi connectivity index (χ1v) is 3.78. The molecule has 0 N–H and O–H groups in total. The molecule has 0 amide bonds. The van der Waals surface area contributed by atoms with Crippen LogP contribution in [0, 0.1) is 10.1 Å². The molecule has 0 aliphatic rings. The fraction of sp³-hybridized carbons (Fsp3) is 0. The minimum Gasteiger partial charge on any atom is -0.258 e. The van der Waals surface area contributed by atoms with Gasteiger partial charge in [-0.2, -0.15) is 0 Å². The highest BCUT2D eigenvalue weighted by Gasteiger charge is 2.09. The smallest absolute Gasteiger partial charge is 0.258 e. The van der Waals surface area contributed by atoms with Crippen LogP contribution in [0.4, 0.5) is 5.69 Å². The summed E-state index contributed by atoms with van der Waals surface area (Å²) in [6.07, 6.45) is 0. The molecule has 0 aliphatic carbocycles. The molecule has 0 aliphatic heterocycles. The van der Waals surface area contributed by atoms with Crippen LogP contribution in [0.5, 0.6) is 0 Å². The molecule has 0 atom stereocenters. The van der Waals surface area contributed by atoms with Crippen LogP contribution in [0.3, 0.4) is 0 Å². The van der Waals surface area contributed by atoms with Gasteiger partial charge in [0.2, 0.25) is 0 Å². The molecular weight excluding hydrogens is 178 g/mol. The maximum Gasteiger partial charge on any atom is 0.278 e. The number of nitro groups is 1. The van der Waals surface area contributed by atoms with Crippen molar-refractivity contribution in [1.29, 1.82) is 0 Å².